The number of benzene rings is 1. The van der Waals surface area contributed by atoms with E-state index in [1.807, 2.05) is 39.2 Å². The summed E-state index contributed by atoms with van der Waals surface area (Å²) in [7, 11) is 0. The van der Waals surface area contributed by atoms with Gasteiger partial charge in [-0.1, -0.05) is 23.5 Å². The smallest absolute Gasteiger partial charge is 0.270 e. The summed E-state index contributed by atoms with van der Waals surface area (Å²) in [5.74, 6) is 0.0152. The van der Waals surface area contributed by atoms with Crippen LogP contribution in [0.5, 0.6) is 0 Å². The number of carbonyl (C=O) groups is 1. The number of amides is 1. The summed E-state index contributed by atoms with van der Waals surface area (Å²) in [6.45, 7) is 3.50. The number of halogens is 1. The summed E-state index contributed by atoms with van der Waals surface area (Å²) in [5, 5.41) is 2.69. The van der Waals surface area contributed by atoms with E-state index in [4.69, 9.17) is 4.98 Å². The summed E-state index contributed by atoms with van der Waals surface area (Å²) in [5.41, 5.74) is 2.14. The van der Waals surface area contributed by atoms with E-state index in [1.165, 1.54) is 16.9 Å². The number of fused-ring (bicyclic) bond motifs is 1. The maximum atomic E-state index is 13.0. The van der Waals surface area contributed by atoms with Crippen molar-refractivity contribution in [3.05, 3.63) is 64.9 Å². The first-order valence-corrected chi connectivity index (χ1v) is 10.1. The molecule has 0 N–H and O–H groups in total. The molecule has 0 saturated heterocycles. The molecular weight excluding hydrogens is 400 g/mol. The second-order valence-corrected chi connectivity index (χ2v) is 8.01. The first kappa shape index (κ1) is 19.5. The van der Waals surface area contributed by atoms with Gasteiger partial charge in [-0.2, -0.15) is 0 Å². The largest absolute Gasteiger partial charge is 0.337 e. The van der Waals surface area contributed by atoms with Gasteiger partial charge >= 0.3 is 0 Å². The quantitative estimate of drug-likeness (QED) is 0.441. The van der Waals surface area contributed by atoms with Crippen LogP contribution >= 0.6 is 35.1 Å². The van der Waals surface area contributed by atoms with E-state index < -0.39 is 0 Å². The number of anilines is 1. The van der Waals surface area contributed by atoms with Gasteiger partial charge in [0.25, 0.3) is 5.91 Å². The van der Waals surface area contributed by atoms with E-state index in [-0.39, 0.29) is 18.3 Å². The predicted octanol–water partition coefficient (Wildman–Crippen LogP) is 5.02. The Hall–Kier alpha value is -2.22. The Balaban J connectivity index is 0.00000210. The van der Waals surface area contributed by atoms with Crippen LogP contribution in [-0.2, 0) is 6.54 Å². The van der Waals surface area contributed by atoms with Crippen molar-refractivity contribution in [1.82, 2.24) is 14.5 Å². The van der Waals surface area contributed by atoms with Crippen LogP contribution in [-0.4, -0.2) is 27.0 Å². The lowest BCUT2D eigenvalue weighted by atomic mass is 10.2. The molecule has 0 spiro atoms. The molecule has 1 aromatic carbocycles. The summed E-state index contributed by atoms with van der Waals surface area (Å²) in [6.07, 6.45) is 6.34. The third kappa shape index (κ3) is 4.37. The lowest BCUT2D eigenvalue weighted by Crippen LogP contribution is -2.31. The fourth-order valence-electron chi connectivity index (χ4n) is 2.78. The molecule has 3 heterocycles. The summed E-state index contributed by atoms with van der Waals surface area (Å²) >= 11 is 3.04. The lowest BCUT2D eigenvalue weighted by molar-refractivity contribution is 0.0990. The number of hydrogen-bond donors (Lipinski definition) is 0. The number of hydrogen-bond acceptors (Lipinski definition) is 5. The summed E-state index contributed by atoms with van der Waals surface area (Å²) in [4.78, 5) is 24.3. The molecule has 0 radical (unpaired) electrons. The highest BCUT2D eigenvalue weighted by molar-refractivity contribution is 7.22. The molecule has 0 fully saturated rings. The third-order valence-electron chi connectivity index (χ3n) is 4.10. The Kier molecular flexibility index (Phi) is 6.26. The average Bonchev–Trinajstić information content (AvgIpc) is 3.38. The van der Waals surface area contributed by atoms with Gasteiger partial charge in [-0.3, -0.25) is 9.69 Å². The SMILES string of the molecule is Cc1ccc2nc(N(CCCn3ccnc3)C(=O)c3cccs3)sc2c1.Cl. The van der Waals surface area contributed by atoms with E-state index in [9.17, 15) is 4.79 Å². The fraction of sp³-hybridized carbons (Fsp3) is 0.211. The Morgan fingerprint density at radius 3 is 2.93 bits per heavy atom. The molecule has 3 aromatic heterocycles. The second-order valence-electron chi connectivity index (χ2n) is 6.06. The van der Waals surface area contributed by atoms with Crippen LogP contribution in [0.1, 0.15) is 21.7 Å². The van der Waals surface area contributed by atoms with Gasteiger partial charge in [-0.25, -0.2) is 9.97 Å². The molecular formula is C19H19ClN4OS2. The maximum absolute atomic E-state index is 13.0. The Bertz CT molecular complexity index is 1010. The van der Waals surface area contributed by atoms with Gasteiger partial charge in [0.05, 0.1) is 21.4 Å². The monoisotopic (exact) mass is 418 g/mol. The first-order chi connectivity index (χ1) is 12.7. The van der Waals surface area contributed by atoms with Crippen molar-refractivity contribution in [1.29, 1.82) is 0 Å². The first-order valence-electron chi connectivity index (χ1n) is 8.39. The van der Waals surface area contributed by atoms with Crippen molar-refractivity contribution in [2.75, 3.05) is 11.4 Å². The zero-order valence-corrected chi connectivity index (χ0v) is 17.2. The van der Waals surface area contributed by atoms with Crippen molar-refractivity contribution in [2.45, 2.75) is 19.9 Å². The molecule has 0 saturated carbocycles. The molecule has 5 nitrogen and oxygen atoms in total. The molecule has 0 unspecified atom stereocenters. The van der Waals surface area contributed by atoms with Gasteiger partial charge in [-0.15, -0.1) is 23.7 Å². The van der Waals surface area contributed by atoms with Crippen molar-refractivity contribution >= 4 is 56.3 Å². The number of aromatic nitrogens is 3. The highest BCUT2D eigenvalue weighted by Gasteiger charge is 2.21. The predicted molar refractivity (Wildman–Crippen MR) is 114 cm³/mol. The molecule has 0 aliphatic rings. The molecule has 4 rings (SSSR count). The summed E-state index contributed by atoms with van der Waals surface area (Å²) in [6, 6.07) is 9.96. The van der Waals surface area contributed by atoms with Gasteiger partial charge in [0.1, 0.15) is 0 Å². The van der Waals surface area contributed by atoms with E-state index in [0.717, 1.165) is 33.2 Å². The fourth-order valence-corrected chi connectivity index (χ4v) is 4.54. The molecule has 4 aromatic rings. The van der Waals surface area contributed by atoms with E-state index in [0.29, 0.717) is 6.54 Å². The molecule has 27 heavy (non-hydrogen) atoms. The number of imidazole rings is 1. The molecule has 0 aliphatic carbocycles. The minimum absolute atomic E-state index is 0. The highest BCUT2D eigenvalue weighted by atomic mass is 35.5. The van der Waals surface area contributed by atoms with Crippen LogP contribution in [0.4, 0.5) is 5.13 Å². The van der Waals surface area contributed by atoms with Crippen LogP contribution < -0.4 is 4.90 Å². The zero-order valence-electron chi connectivity index (χ0n) is 14.7. The normalized spacial score (nSPS) is 10.7. The average molecular weight is 419 g/mol. The lowest BCUT2D eigenvalue weighted by Gasteiger charge is -2.19. The number of rotatable bonds is 6. The van der Waals surface area contributed by atoms with Gasteiger partial charge < -0.3 is 4.57 Å². The van der Waals surface area contributed by atoms with E-state index >= 15 is 0 Å². The number of carbonyl (C=O) groups excluding carboxylic acids is 1. The van der Waals surface area contributed by atoms with Crippen molar-refractivity contribution in [3.8, 4) is 0 Å². The maximum Gasteiger partial charge on any atom is 0.270 e. The van der Waals surface area contributed by atoms with Crippen LogP contribution in [0.25, 0.3) is 10.2 Å². The van der Waals surface area contributed by atoms with Crippen LogP contribution in [0.3, 0.4) is 0 Å². The molecule has 0 bridgehead atoms. The standard InChI is InChI=1S/C19H18N4OS2.ClH/c1-14-5-6-15-17(12-14)26-19(21-15)23(18(24)16-4-2-11-25-16)9-3-8-22-10-7-20-13-22;/h2,4-7,10-13H,3,8-9H2,1H3;1H. The Morgan fingerprint density at radius 2 is 2.19 bits per heavy atom. The van der Waals surface area contributed by atoms with Gasteiger partial charge in [0.15, 0.2) is 5.13 Å². The highest BCUT2D eigenvalue weighted by Crippen LogP contribution is 2.31. The van der Waals surface area contributed by atoms with Crippen molar-refractivity contribution < 1.29 is 4.79 Å². The topological polar surface area (TPSA) is 51.0 Å². The van der Waals surface area contributed by atoms with Gasteiger partial charge in [0, 0.05) is 25.5 Å². The minimum Gasteiger partial charge on any atom is -0.337 e. The number of aryl methyl sites for hydroxylation is 2. The van der Waals surface area contributed by atoms with Crippen LogP contribution in [0.2, 0.25) is 0 Å². The third-order valence-corrected chi connectivity index (χ3v) is 6.00. The van der Waals surface area contributed by atoms with Crippen LogP contribution in [0.15, 0.2) is 54.4 Å². The second kappa shape index (κ2) is 8.65. The number of thiazole rings is 1. The molecule has 1 amide bonds. The molecule has 8 heteroatoms. The van der Waals surface area contributed by atoms with Gasteiger partial charge in [-0.05, 0) is 42.5 Å². The minimum atomic E-state index is 0. The van der Waals surface area contributed by atoms with Gasteiger partial charge in [0.2, 0.25) is 0 Å². The van der Waals surface area contributed by atoms with E-state index in [1.54, 1.807) is 23.9 Å². The van der Waals surface area contributed by atoms with Crippen molar-refractivity contribution in [2.24, 2.45) is 0 Å². The number of nitrogens with zero attached hydrogens (tertiary/aromatic N) is 4. The Labute approximate surface area is 171 Å². The summed E-state index contributed by atoms with van der Waals surface area (Å²) < 4.78 is 3.13. The molecule has 140 valence electrons. The molecule has 0 atom stereocenters. The zero-order chi connectivity index (χ0) is 17.9. The van der Waals surface area contributed by atoms with E-state index in [2.05, 4.69) is 24.0 Å². The molecule has 0 aliphatic heterocycles. The number of thiophene rings is 1. The van der Waals surface area contributed by atoms with Crippen LogP contribution in [0, 0.1) is 6.92 Å². The van der Waals surface area contributed by atoms with Crippen molar-refractivity contribution in [3.63, 3.8) is 0 Å². The Morgan fingerprint density at radius 1 is 1.30 bits per heavy atom.